The molecule has 8 nitrogen and oxygen atoms in total. The zero-order chi connectivity index (χ0) is 29.5. The van der Waals surface area contributed by atoms with Crippen LogP contribution in [-0.2, 0) is 19.2 Å². The molecule has 1 saturated heterocycles. The van der Waals surface area contributed by atoms with Crippen molar-refractivity contribution in [2.75, 3.05) is 13.6 Å². The standard InChI is InChI=1S/C33H51N3O5/c1-20(2)40-30(38)29-12-8-23(34-29)15-18-36(6)31(39)41-35-21(3)26-10-11-27-25-9-7-22-19-24(37)13-16-32(22,4)28(25)14-17-33(26,27)5/h19-20,23,25-29,34H,7-18H2,1-6H3/b35-21+/t23?,25-,26+,27-,28-,29?,32-,33+/m0/s1. The second kappa shape index (κ2) is 11.8. The van der Waals surface area contributed by atoms with Crippen molar-refractivity contribution in [2.45, 2.75) is 123 Å². The van der Waals surface area contributed by atoms with Crippen molar-refractivity contribution in [1.82, 2.24) is 10.2 Å². The maximum atomic E-state index is 12.8. The quantitative estimate of drug-likeness (QED) is 0.174. The van der Waals surface area contributed by atoms with Gasteiger partial charge in [-0.1, -0.05) is 24.6 Å². The Morgan fingerprint density at radius 2 is 1.85 bits per heavy atom. The van der Waals surface area contributed by atoms with E-state index in [9.17, 15) is 14.4 Å². The monoisotopic (exact) mass is 569 g/mol. The molecule has 4 fully saturated rings. The smallest absolute Gasteiger partial charge is 0.435 e. The van der Waals surface area contributed by atoms with E-state index in [0.29, 0.717) is 42.4 Å². The van der Waals surface area contributed by atoms with Gasteiger partial charge in [0.05, 0.1) is 11.8 Å². The van der Waals surface area contributed by atoms with Gasteiger partial charge in [-0.25, -0.2) is 4.79 Å². The van der Waals surface area contributed by atoms with E-state index < -0.39 is 6.09 Å². The Balaban J connectivity index is 1.13. The summed E-state index contributed by atoms with van der Waals surface area (Å²) in [6, 6.07) is -0.0890. The lowest BCUT2D eigenvalue weighted by atomic mass is 9.46. The minimum absolute atomic E-state index is 0.119. The zero-order valence-corrected chi connectivity index (χ0v) is 26.0. The lowest BCUT2D eigenvalue weighted by Gasteiger charge is -2.58. The average Bonchev–Trinajstić information content (AvgIpc) is 3.54. The summed E-state index contributed by atoms with van der Waals surface area (Å²) in [4.78, 5) is 44.1. The summed E-state index contributed by atoms with van der Waals surface area (Å²) < 4.78 is 5.32. The number of rotatable bonds is 7. The Labute approximate surface area is 246 Å². The van der Waals surface area contributed by atoms with Crippen LogP contribution in [0.2, 0.25) is 0 Å². The van der Waals surface area contributed by atoms with Crippen molar-refractivity contribution in [3.8, 4) is 0 Å². The predicted octanol–water partition coefficient (Wildman–Crippen LogP) is 6.04. The van der Waals surface area contributed by atoms with Gasteiger partial charge in [-0.3, -0.25) is 14.4 Å². The number of nitrogens with one attached hydrogen (secondary N) is 1. The van der Waals surface area contributed by atoms with Gasteiger partial charge in [-0.05, 0) is 120 Å². The number of esters is 1. The topological polar surface area (TPSA) is 97.3 Å². The second-order valence-corrected chi connectivity index (χ2v) is 14.4. The Morgan fingerprint density at radius 3 is 2.61 bits per heavy atom. The lowest BCUT2D eigenvalue weighted by molar-refractivity contribution is -0.149. The fourth-order valence-corrected chi connectivity index (χ4v) is 9.48. The maximum absolute atomic E-state index is 12.8. The van der Waals surface area contributed by atoms with Gasteiger partial charge in [0, 0.05) is 32.0 Å². The molecule has 1 heterocycles. The summed E-state index contributed by atoms with van der Waals surface area (Å²) in [5, 5.41) is 7.75. The van der Waals surface area contributed by atoms with Crippen LogP contribution >= 0.6 is 0 Å². The van der Waals surface area contributed by atoms with Crippen LogP contribution in [0.25, 0.3) is 0 Å². The molecule has 5 rings (SSSR count). The highest BCUT2D eigenvalue weighted by molar-refractivity contribution is 5.91. The van der Waals surface area contributed by atoms with Crippen LogP contribution < -0.4 is 5.32 Å². The molecule has 8 atom stereocenters. The summed E-state index contributed by atoms with van der Waals surface area (Å²) in [5.74, 6) is 2.48. The van der Waals surface area contributed by atoms with Gasteiger partial charge in [-0.15, -0.1) is 0 Å². The van der Waals surface area contributed by atoms with E-state index in [0.717, 1.165) is 44.2 Å². The first-order valence-electron chi connectivity index (χ1n) is 16.1. The SMILES string of the molecule is C/C(=N\OC(=O)N(C)CCC1CCC(C(=O)OC(C)C)N1)[C@H]1CC[C@H]2[C@@H]3CCC4=CC(=O)CC[C@]4(C)[C@H]3CC[C@]12C. The van der Waals surface area contributed by atoms with Crippen molar-refractivity contribution in [1.29, 1.82) is 0 Å². The van der Waals surface area contributed by atoms with Gasteiger partial charge < -0.3 is 15.0 Å². The molecule has 0 aromatic heterocycles. The molecule has 0 radical (unpaired) electrons. The van der Waals surface area contributed by atoms with E-state index in [2.05, 4.69) is 24.3 Å². The molecule has 228 valence electrons. The van der Waals surface area contributed by atoms with Crippen LogP contribution in [0.1, 0.15) is 105 Å². The number of hydrogen-bond donors (Lipinski definition) is 1. The molecular formula is C33H51N3O5. The van der Waals surface area contributed by atoms with Crippen LogP contribution in [0.15, 0.2) is 16.8 Å². The van der Waals surface area contributed by atoms with Gasteiger partial charge in [0.15, 0.2) is 5.78 Å². The number of ether oxygens (including phenoxy) is 1. The van der Waals surface area contributed by atoms with Crippen LogP contribution in [0, 0.1) is 34.5 Å². The van der Waals surface area contributed by atoms with Crippen LogP contribution in [0.3, 0.4) is 0 Å². The molecule has 0 bridgehead atoms. The van der Waals surface area contributed by atoms with Crippen molar-refractivity contribution in [3.05, 3.63) is 11.6 Å². The summed E-state index contributed by atoms with van der Waals surface area (Å²) in [6.45, 7) is 11.2. The number of hydrogen-bond acceptors (Lipinski definition) is 7. The molecule has 2 unspecified atom stereocenters. The van der Waals surface area contributed by atoms with E-state index in [1.165, 1.54) is 31.3 Å². The molecule has 0 aromatic rings. The molecule has 3 saturated carbocycles. The van der Waals surface area contributed by atoms with Crippen LogP contribution in [0.5, 0.6) is 0 Å². The Bertz CT molecular complexity index is 1100. The Morgan fingerprint density at radius 1 is 1.07 bits per heavy atom. The number of allylic oxidation sites excluding steroid dienone is 1. The Kier molecular flexibility index (Phi) is 8.71. The highest BCUT2D eigenvalue weighted by Gasteiger charge is 2.59. The van der Waals surface area contributed by atoms with E-state index in [1.807, 2.05) is 26.8 Å². The average molecular weight is 570 g/mol. The molecule has 5 aliphatic rings. The van der Waals surface area contributed by atoms with Crippen molar-refractivity contribution < 1.29 is 24.0 Å². The zero-order valence-electron chi connectivity index (χ0n) is 26.0. The van der Waals surface area contributed by atoms with Gasteiger partial charge >= 0.3 is 12.1 Å². The summed E-state index contributed by atoms with van der Waals surface area (Å²) in [5.41, 5.74) is 2.71. The van der Waals surface area contributed by atoms with Crippen molar-refractivity contribution in [3.63, 3.8) is 0 Å². The summed E-state index contributed by atoms with van der Waals surface area (Å²) in [7, 11) is 1.74. The third kappa shape index (κ3) is 5.87. The highest BCUT2D eigenvalue weighted by Crippen LogP contribution is 2.66. The molecule has 1 aliphatic heterocycles. The minimum Gasteiger partial charge on any atom is -0.462 e. The first kappa shape index (κ1) is 30.2. The maximum Gasteiger partial charge on any atom is 0.435 e. The molecule has 8 heteroatoms. The first-order chi connectivity index (χ1) is 19.4. The molecule has 1 amide bonds. The summed E-state index contributed by atoms with van der Waals surface area (Å²) in [6.07, 6.45) is 12.5. The molecular weight excluding hydrogens is 518 g/mol. The third-order valence-corrected chi connectivity index (χ3v) is 11.7. The number of carbonyl (C=O) groups is 3. The summed E-state index contributed by atoms with van der Waals surface area (Å²) >= 11 is 0. The fourth-order valence-electron chi connectivity index (χ4n) is 9.48. The number of fused-ring (bicyclic) bond motifs is 5. The fraction of sp³-hybridized carbons (Fsp3) is 0.818. The predicted molar refractivity (Wildman–Crippen MR) is 158 cm³/mol. The molecule has 4 aliphatic carbocycles. The van der Waals surface area contributed by atoms with Crippen LogP contribution in [0.4, 0.5) is 4.79 Å². The van der Waals surface area contributed by atoms with Gasteiger partial charge in [0.25, 0.3) is 0 Å². The number of nitrogens with zero attached hydrogens (tertiary/aromatic N) is 2. The third-order valence-electron chi connectivity index (χ3n) is 11.7. The van der Waals surface area contributed by atoms with E-state index in [1.54, 1.807) is 11.9 Å². The van der Waals surface area contributed by atoms with Crippen molar-refractivity contribution in [2.24, 2.45) is 39.7 Å². The Hall–Kier alpha value is -2.22. The van der Waals surface area contributed by atoms with E-state index in [-0.39, 0.29) is 35.0 Å². The van der Waals surface area contributed by atoms with E-state index >= 15 is 0 Å². The number of ketones is 1. The molecule has 0 aromatic carbocycles. The molecule has 0 spiro atoms. The lowest BCUT2D eigenvalue weighted by Crippen LogP contribution is -2.51. The van der Waals surface area contributed by atoms with Gasteiger partial charge in [0.1, 0.15) is 6.04 Å². The minimum atomic E-state index is -0.437. The van der Waals surface area contributed by atoms with E-state index in [4.69, 9.17) is 9.57 Å². The number of amides is 1. The first-order valence-corrected chi connectivity index (χ1v) is 16.1. The normalized spacial score (nSPS) is 38.6. The highest BCUT2D eigenvalue weighted by atomic mass is 16.7. The largest absolute Gasteiger partial charge is 0.462 e. The molecule has 41 heavy (non-hydrogen) atoms. The van der Waals surface area contributed by atoms with Crippen LogP contribution in [-0.4, -0.2) is 60.2 Å². The van der Waals surface area contributed by atoms with Crippen molar-refractivity contribution >= 4 is 23.6 Å². The van der Waals surface area contributed by atoms with Gasteiger partial charge in [0.2, 0.25) is 0 Å². The second-order valence-electron chi connectivity index (χ2n) is 14.4. The molecule has 1 N–H and O–H groups in total. The number of carbonyl (C=O) groups excluding carboxylic acids is 3. The number of oxime groups is 1. The van der Waals surface area contributed by atoms with Gasteiger partial charge in [-0.2, -0.15) is 0 Å².